The summed E-state index contributed by atoms with van der Waals surface area (Å²) in [6, 6.07) is 24.9. The Morgan fingerprint density at radius 2 is 1.83 bits per heavy atom. The third-order valence-electron chi connectivity index (χ3n) is 5.87. The number of ether oxygens (including phenoxy) is 1. The minimum absolute atomic E-state index is 0.418. The average molecular weight is 485 g/mol. The molecular weight excluding hydrogens is 452 g/mol. The number of benzene rings is 3. The van der Waals surface area contributed by atoms with Crippen LogP contribution in [0.15, 0.2) is 84.1 Å². The minimum Gasteiger partial charge on any atom is -0.491 e. The van der Waals surface area contributed by atoms with Gasteiger partial charge in [0.05, 0.1) is 12.8 Å². The molecule has 0 radical (unpaired) electrons. The molecule has 0 fully saturated rings. The van der Waals surface area contributed by atoms with Crippen LogP contribution >= 0.6 is 12.2 Å². The van der Waals surface area contributed by atoms with Gasteiger partial charge in [0.25, 0.3) is 0 Å². The number of nitrogens with one attached hydrogen (secondary N) is 2. The van der Waals surface area contributed by atoms with Gasteiger partial charge in [-0.15, -0.1) is 0 Å². The monoisotopic (exact) mass is 484 g/mol. The molecule has 2 N–H and O–H groups in total. The second-order valence-electron chi connectivity index (χ2n) is 8.88. The number of para-hydroxylation sites is 1. The Kier molecular flexibility index (Phi) is 8.16. The lowest BCUT2D eigenvalue weighted by Crippen LogP contribution is -2.31. The third-order valence-corrected chi connectivity index (χ3v) is 6.10. The quantitative estimate of drug-likeness (QED) is 0.170. The Morgan fingerprint density at radius 3 is 2.63 bits per heavy atom. The van der Waals surface area contributed by atoms with Crippen LogP contribution in [-0.4, -0.2) is 22.5 Å². The van der Waals surface area contributed by atoms with Crippen LogP contribution in [-0.2, 0) is 13.1 Å². The molecule has 180 valence electrons. The highest BCUT2D eigenvalue weighted by Crippen LogP contribution is 2.28. The fourth-order valence-electron chi connectivity index (χ4n) is 4.04. The van der Waals surface area contributed by atoms with Gasteiger partial charge in [-0.25, -0.2) is 0 Å². The number of thiocarbonyl (C=S) groups is 1. The first-order valence-electron chi connectivity index (χ1n) is 11.9. The molecule has 0 aliphatic rings. The summed E-state index contributed by atoms with van der Waals surface area (Å²) in [5, 5.41) is 9.16. The van der Waals surface area contributed by atoms with E-state index in [4.69, 9.17) is 17.0 Å². The molecule has 35 heavy (non-hydrogen) atoms. The smallest absolute Gasteiger partial charge is 0.187 e. The van der Waals surface area contributed by atoms with Gasteiger partial charge in [0.1, 0.15) is 12.4 Å². The molecule has 0 amide bonds. The first-order valence-corrected chi connectivity index (χ1v) is 12.3. The van der Waals surface area contributed by atoms with Gasteiger partial charge < -0.3 is 14.6 Å². The molecule has 0 atom stereocenters. The van der Waals surface area contributed by atoms with Gasteiger partial charge in [-0.3, -0.25) is 5.43 Å². The number of fused-ring (bicyclic) bond motifs is 1. The van der Waals surface area contributed by atoms with E-state index in [1.165, 1.54) is 11.1 Å². The molecule has 0 spiro atoms. The Hall–Kier alpha value is -3.64. The van der Waals surface area contributed by atoms with Crippen LogP contribution < -0.4 is 15.5 Å². The van der Waals surface area contributed by atoms with Gasteiger partial charge in [-0.05, 0) is 53.9 Å². The Morgan fingerprint density at radius 1 is 1.06 bits per heavy atom. The van der Waals surface area contributed by atoms with Crippen molar-refractivity contribution < 1.29 is 4.74 Å². The van der Waals surface area contributed by atoms with E-state index >= 15 is 0 Å². The molecule has 5 nitrogen and oxygen atoms in total. The largest absolute Gasteiger partial charge is 0.491 e. The van der Waals surface area contributed by atoms with Crippen molar-refractivity contribution in [3.63, 3.8) is 0 Å². The van der Waals surface area contributed by atoms with Crippen molar-refractivity contribution in [1.82, 2.24) is 15.3 Å². The van der Waals surface area contributed by atoms with Crippen molar-refractivity contribution in [2.45, 2.75) is 39.8 Å². The molecule has 1 heterocycles. The summed E-state index contributed by atoms with van der Waals surface area (Å²) in [6.07, 6.45) is 3.92. The summed E-state index contributed by atoms with van der Waals surface area (Å²) in [4.78, 5) is 0. The molecule has 3 aromatic carbocycles. The lowest BCUT2D eigenvalue weighted by molar-refractivity contribution is 0.296. The van der Waals surface area contributed by atoms with Crippen LogP contribution in [0, 0.1) is 6.92 Å². The van der Waals surface area contributed by atoms with E-state index in [1.54, 1.807) is 0 Å². The van der Waals surface area contributed by atoms with E-state index in [2.05, 4.69) is 95.9 Å². The summed E-state index contributed by atoms with van der Waals surface area (Å²) in [5.74, 6) is 1.39. The van der Waals surface area contributed by atoms with Crippen LogP contribution in [0.25, 0.3) is 10.9 Å². The fourth-order valence-corrected chi connectivity index (χ4v) is 4.16. The molecule has 0 aliphatic carbocycles. The van der Waals surface area contributed by atoms with Crippen LogP contribution in [0.2, 0.25) is 0 Å². The standard InChI is InChI=1S/C29H32N4OS/c1-21(2)25-14-13-22(3)17-28(25)34-16-15-33-20-24(26-11-7-8-12-27(26)33)19-31-32-29(35)30-18-23-9-5-4-6-10-23/h4-14,17,19-21H,15-16,18H2,1-3H3,(H2,30,32,35)/b31-19+. The van der Waals surface area contributed by atoms with Gasteiger partial charge in [0, 0.05) is 29.2 Å². The van der Waals surface area contributed by atoms with Crippen molar-refractivity contribution in [1.29, 1.82) is 0 Å². The van der Waals surface area contributed by atoms with Crippen LogP contribution in [0.4, 0.5) is 0 Å². The number of rotatable bonds is 9. The fraction of sp³-hybridized carbons (Fsp3) is 0.241. The van der Waals surface area contributed by atoms with Crippen molar-refractivity contribution in [3.8, 4) is 5.75 Å². The van der Waals surface area contributed by atoms with Crippen molar-refractivity contribution in [2.24, 2.45) is 5.10 Å². The maximum Gasteiger partial charge on any atom is 0.187 e. The number of aryl methyl sites for hydroxylation is 1. The van der Waals surface area contributed by atoms with Gasteiger partial charge in [-0.2, -0.15) is 5.10 Å². The van der Waals surface area contributed by atoms with E-state index in [-0.39, 0.29) is 0 Å². The predicted molar refractivity (Wildman–Crippen MR) is 149 cm³/mol. The molecule has 0 unspecified atom stereocenters. The number of hydrogen-bond acceptors (Lipinski definition) is 3. The van der Waals surface area contributed by atoms with Gasteiger partial charge in [0.15, 0.2) is 5.11 Å². The summed E-state index contributed by atoms with van der Waals surface area (Å²) in [5.41, 5.74) is 8.70. The zero-order valence-electron chi connectivity index (χ0n) is 20.5. The molecule has 0 aliphatic heterocycles. The normalized spacial score (nSPS) is 11.3. The van der Waals surface area contributed by atoms with E-state index in [0.717, 1.165) is 34.3 Å². The summed E-state index contributed by atoms with van der Waals surface area (Å²) in [7, 11) is 0. The third kappa shape index (κ3) is 6.49. The van der Waals surface area contributed by atoms with Crippen LogP contribution in [0.3, 0.4) is 0 Å². The molecule has 0 saturated carbocycles. The predicted octanol–water partition coefficient (Wildman–Crippen LogP) is 6.15. The minimum atomic E-state index is 0.418. The number of aromatic nitrogens is 1. The molecule has 4 rings (SSSR count). The summed E-state index contributed by atoms with van der Waals surface area (Å²) >= 11 is 5.35. The van der Waals surface area contributed by atoms with Crippen LogP contribution in [0.1, 0.15) is 42.0 Å². The number of hydrazone groups is 1. The van der Waals surface area contributed by atoms with E-state index < -0.39 is 0 Å². The number of hydrogen-bond donors (Lipinski definition) is 2. The Labute approximate surface area is 212 Å². The average Bonchev–Trinajstić information content (AvgIpc) is 3.21. The highest BCUT2D eigenvalue weighted by Gasteiger charge is 2.10. The second-order valence-corrected chi connectivity index (χ2v) is 9.29. The molecule has 0 saturated heterocycles. The van der Waals surface area contributed by atoms with Crippen LogP contribution in [0.5, 0.6) is 5.75 Å². The first kappa shape index (κ1) is 24.5. The summed E-state index contributed by atoms with van der Waals surface area (Å²) < 4.78 is 8.44. The molecule has 4 aromatic rings. The molecule has 6 heteroatoms. The second kappa shape index (κ2) is 11.7. The van der Waals surface area contributed by atoms with Gasteiger partial charge in [-0.1, -0.05) is 74.5 Å². The highest BCUT2D eigenvalue weighted by atomic mass is 32.1. The molecule has 1 aromatic heterocycles. The number of nitrogens with zero attached hydrogens (tertiary/aromatic N) is 2. The topological polar surface area (TPSA) is 50.6 Å². The summed E-state index contributed by atoms with van der Waals surface area (Å²) in [6.45, 7) is 8.47. The van der Waals surface area contributed by atoms with Crippen molar-refractivity contribution in [2.75, 3.05) is 6.61 Å². The van der Waals surface area contributed by atoms with E-state index in [9.17, 15) is 0 Å². The zero-order chi connectivity index (χ0) is 24.6. The maximum absolute atomic E-state index is 6.23. The lowest BCUT2D eigenvalue weighted by Gasteiger charge is -2.15. The highest BCUT2D eigenvalue weighted by molar-refractivity contribution is 7.80. The Bertz CT molecular complexity index is 1310. The SMILES string of the molecule is Cc1ccc(C(C)C)c(OCCn2cc(/C=N/NC(=S)NCc3ccccc3)c3ccccc32)c1. The van der Waals surface area contributed by atoms with Crippen molar-refractivity contribution >= 4 is 34.4 Å². The lowest BCUT2D eigenvalue weighted by atomic mass is 10.0. The maximum atomic E-state index is 6.23. The van der Waals surface area contributed by atoms with Gasteiger partial charge in [0.2, 0.25) is 0 Å². The Balaban J connectivity index is 1.39. The zero-order valence-corrected chi connectivity index (χ0v) is 21.3. The molecule has 0 bridgehead atoms. The first-order chi connectivity index (χ1) is 17.0. The van der Waals surface area contributed by atoms with E-state index in [0.29, 0.717) is 24.2 Å². The van der Waals surface area contributed by atoms with E-state index in [1.807, 2.05) is 30.5 Å². The molecular formula is C29H32N4OS. The van der Waals surface area contributed by atoms with Gasteiger partial charge >= 0.3 is 0 Å². The van der Waals surface area contributed by atoms with Crippen molar-refractivity contribution in [3.05, 3.63) is 101 Å².